The van der Waals surface area contributed by atoms with Crippen LogP contribution >= 0.6 is 0 Å². The molecule has 1 unspecified atom stereocenters. The summed E-state index contributed by atoms with van der Waals surface area (Å²) in [5.41, 5.74) is 0. The van der Waals surface area contributed by atoms with Crippen molar-refractivity contribution in [3.8, 4) is 0 Å². The van der Waals surface area contributed by atoms with Crippen molar-refractivity contribution < 1.29 is 18.3 Å². The Morgan fingerprint density at radius 2 is 2.14 bits per heavy atom. The summed E-state index contributed by atoms with van der Waals surface area (Å²) >= 11 is 0. The molecule has 1 heterocycles. The van der Waals surface area contributed by atoms with Crippen LogP contribution < -0.4 is 0 Å². The van der Waals surface area contributed by atoms with Crippen molar-refractivity contribution in [2.24, 2.45) is 5.92 Å². The molecular weight excluding hydrogens is 204 g/mol. The van der Waals surface area contributed by atoms with E-state index in [0.29, 0.717) is 12.8 Å². The number of carbonyl (C=O) groups is 1. The highest BCUT2D eigenvalue weighted by molar-refractivity contribution is 7.91. The monoisotopic (exact) mass is 218 g/mol. The lowest BCUT2D eigenvalue weighted by Crippen LogP contribution is -2.03. The van der Waals surface area contributed by atoms with Gasteiger partial charge in [-0.1, -0.05) is 12.2 Å². The van der Waals surface area contributed by atoms with E-state index in [1.54, 1.807) is 12.2 Å². The maximum absolute atomic E-state index is 11.1. The second-order valence-corrected chi connectivity index (χ2v) is 5.80. The maximum atomic E-state index is 11.1. The Bertz CT molecular complexity index is 329. The molecule has 1 aliphatic rings. The fourth-order valence-corrected chi connectivity index (χ4v) is 3.41. The van der Waals surface area contributed by atoms with Gasteiger partial charge in [0.15, 0.2) is 9.84 Å². The molecule has 1 atom stereocenters. The molecule has 1 fully saturated rings. The van der Waals surface area contributed by atoms with Crippen LogP contribution in [0, 0.1) is 5.92 Å². The summed E-state index contributed by atoms with van der Waals surface area (Å²) < 4.78 is 22.1. The first kappa shape index (κ1) is 11.2. The van der Waals surface area contributed by atoms with Gasteiger partial charge in [0, 0.05) is 0 Å². The van der Waals surface area contributed by atoms with Crippen LogP contribution in [-0.4, -0.2) is 31.0 Å². The van der Waals surface area contributed by atoms with Gasteiger partial charge < -0.3 is 5.11 Å². The zero-order valence-corrected chi connectivity index (χ0v) is 8.66. The van der Waals surface area contributed by atoms with Crippen LogP contribution in [0.2, 0.25) is 0 Å². The Labute approximate surface area is 83.5 Å². The van der Waals surface area contributed by atoms with E-state index >= 15 is 0 Å². The van der Waals surface area contributed by atoms with E-state index in [2.05, 4.69) is 0 Å². The molecule has 0 amide bonds. The number of aliphatic carboxylic acids is 1. The van der Waals surface area contributed by atoms with Gasteiger partial charge in [-0.3, -0.25) is 4.79 Å². The SMILES string of the molecule is O=C(O)C/C=C\CC1CCS(=O)(=O)C1. The Hall–Kier alpha value is -0.840. The molecule has 1 rings (SSSR count). The summed E-state index contributed by atoms with van der Waals surface area (Å²) in [6.45, 7) is 0. The van der Waals surface area contributed by atoms with E-state index in [1.807, 2.05) is 0 Å². The summed E-state index contributed by atoms with van der Waals surface area (Å²) in [6.07, 6.45) is 4.73. The van der Waals surface area contributed by atoms with E-state index in [0.717, 1.165) is 0 Å². The van der Waals surface area contributed by atoms with Crippen LogP contribution in [0.1, 0.15) is 19.3 Å². The van der Waals surface area contributed by atoms with Crippen molar-refractivity contribution in [3.63, 3.8) is 0 Å². The first-order valence-corrected chi connectivity index (χ1v) is 6.39. The molecule has 80 valence electrons. The first-order chi connectivity index (χ1) is 6.49. The number of carboxylic acids is 1. The Balaban J connectivity index is 2.27. The highest BCUT2D eigenvalue weighted by atomic mass is 32.2. The zero-order chi connectivity index (χ0) is 10.6. The Kier molecular flexibility index (Phi) is 3.69. The molecular formula is C9H14O4S. The molecule has 1 N–H and O–H groups in total. The van der Waals surface area contributed by atoms with Gasteiger partial charge in [-0.2, -0.15) is 0 Å². The van der Waals surface area contributed by atoms with E-state index in [1.165, 1.54) is 0 Å². The summed E-state index contributed by atoms with van der Waals surface area (Å²) in [5, 5.41) is 8.34. The average molecular weight is 218 g/mol. The lowest BCUT2D eigenvalue weighted by Gasteiger charge is -2.00. The minimum atomic E-state index is -2.80. The van der Waals surface area contributed by atoms with Gasteiger partial charge in [0.05, 0.1) is 17.9 Å². The fourth-order valence-electron chi connectivity index (χ4n) is 1.53. The predicted octanol–water partition coefficient (Wildman–Crippen LogP) is 0.842. The number of hydrogen-bond acceptors (Lipinski definition) is 3. The Morgan fingerprint density at radius 1 is 1.43 bits per heavy atom. The van der Waals surface area contributed by atoms with E-state index < -0.39 is 15.8 Å². The first-order valence-electron chi connectivity index (χ1n) is 4.57. The standard InChI is InChI=1S/C9H14O4S/c10-9(11)4-2-1-3-8-5-6-14(12,13)7-8/h1-2,8H,3-7H2,(H,10,11)/b2-1-. The minimum absolute atomic E-state index is 0.0134. The van der Waals surface area contributed by atoms with Gasteiger partial charge in [-0.05, 0) is 18.8 Å². The molecule has 0 saturated carbocycles. The van der Waals surface area contributed by atoms with Crippen molar-refractivity contribution in [2.75, 3.05) is 11.5 Å². The van der Waals surface area contributed by atoms with Gasteiger partial charge in [0.2, 0.25) is 0 Å². The summed E-state index contributed by atoms with van der Waals surface area (Å²) in [6, 6.07) is 0. The smallest absolute Gasteiger partial charge is 0.307 e. The van der Waals surface area contributed by atoms with Crippen LogP contribution in [0.5, 0.6) is 0 Å². The molecule has 4 nitrogen and oxygen atoms in total. The summed E-state index contributed by atoms with van der Waals surface area (Å²) in [4.78, 5) is 10.2. The average Bonchev–Trinajstić information content (AvgIpc) is 2.39. The van der Waals surface area contributed by atoms with Crippen molar-refractivity contribution in [1.82, 2.24) is 0 Å². The fraction of sp³-hybridized carbons (Fsp3) is 0.667. The van der Waals surface area contributed by atoms with E-state index in [4.69, 9.17) is 5.11 Å². The Morgan fingerprint density at radius 3 is 2.64 bits per heavy atom. The predicted molar refractivity (Wildman–Crippen MR) is 52.8 cm³/mol. The van der Waals surface area contributed by atoms with Crippen LogP contribution in [0.3, 0.4) is 0 Å². The van der Waals surface area contributed by atoms with Crippen molar-refractivity contribution in [3.05, 3.63) is 12.2 Å². The zero-order valence-electron chi connectivity index (χ0n) is 7.85. The molecule has 0 bridgehead atoms. The van der Waals surface area contributed by atoms with Crippen molar-refractivity contribution >= 4 is 15.8 Å². The quantitative estimate of drug-likeness (QED) is 0.710. The summed E-state index contributed by atoms with van der Waals surface area (Å²) in [7, 11) is -2.80. The second kappa shape index (κ2) is 4.59. The topological polar surface area (TPSA) is 71.4 Å². The second-order valence-electron chi connectivity index (χ2n) is 3.57. The number of sulfone groups is 1. The normalized spacial score (nSPS) is 25.6. The van der Waals surface area contributed by atoms with Gasteiger partial charge in [0.1, 0.15) is 0 Å². The lowest BCUT2D eigenvalue weighted by molar-refractivity contribution is -0.136. The minimum Gasteiger partial charge on any atom is -0.481 e. The molecule has 0 aromatic rings. The molecule has 0 radical (unpaired) electrons. The number of carboxylic acid groups (broad SMARTS) is 1. The van der Waals surface area contributed by atoms with E-state index in [9.17, 15) is 13.2 Å². The van der Waals surface area contributed by atoms with Crippen molar-refractivity contribution in [1.29, 1.82) is 0 Å². The number of hydrogen-bond donors (Lipinski definition) is 1. The molecule has 0 aliphatic carbocycles. The number of allylic oxidation sites excluding steroid dienone is 1. The van der Waals surface area contributed by atoms with Gasteiger partial charge in [-0.15, -0.1) is 0 Å². The highest BCUT2D eigenvalue weighted by Crippen LogP contribution is 2.21. The third-order valence-electron chi connectivity index (χ3n) is 2.26. The molecule has 1 aliphatic heterocycles. The van der Waals surface area contributed by atoms with Gasteiger partial charge >= 0.3 is 5.97 Å². The number of rotatable bonds is 4. The molecule has 1 saturated heterocycles. The lowest BCUT2D eigenvalue weighted by atomic mass is 10.1. The van der Waals surface area contributed by atoms with Gasteiger partial charge in [0.25, 0.3) is 0 Å². The van der Waals surface area contributed by atoms with Crippen LogP contribution in [0.4, 0.5) is 0 Å². The maximum Gasteiger partial charge on any atom is 0.307 e. The van der Waals surface area contributed by atoms with Gasteiger partial charge in [-0.25, -0.2) is 8.42 Å². The molecule has 0 aromatic heterocycles. The highest BCUT2D eigenvalue weighted by Gasteiger charge is 2.26. The third-order valence-corrected chi connectivity index (χ3v) is 4.09. The van der Waals surface area contributed by atoms with Crippen LogP contribution in [-0.2, 0) is 14.6 Å². The third kappa shape index (κ3) is 3.91. The largest absolute Gasteiger partial charge is 0.481 e. The summed E-state index contributed by atoms with van der Waals surface area (Å²) in [5.74, 6) is -0.139. The van der Waals surface area contributed by atoms with Crippen molar-refractivity contribution in [2.45, 2.75) is 19.3 Å². The molecule has 14 heavy (non-hydrogen) atoms. The van der Waals surface area contributed by atoms with Crippen LogP contribution in [0.25, 0.3) is 0 Å². The van der Waals surface area contributed by atoms with Crippen LogP contribution in [0.15, 0.2) is 12.2 Å². The van der Waals surface area contributed by atoms with E-state index in [-0.39, 0.29) is 23.8 Å². The molecule has 5 heteroatoms. The molecule has 0 aromatic carbocycles. The molecule has 0 spiro atoms.